The summed E-state index contributed by atoms with van der Waals surface area (Å²) < 4.78 is 15.8. The van der Waals surface area contributed by atoms with Gasteiger partial charge in [0, 0.05) is 48.4 Å². The smallest absolute Gasteiger partial charge is 0.228 e. The first-order chi connectivity index (χ1) is 16.0. The topological polar surface area (TPSA) is 85.9 Å². The lowest BCUT2D eigenvalue weighted by Crippen LogP contribution is -2.56. The van der Waals surface area contributed by atoms with Gasteiger partial charge in [0.05, 0.1) is 43.3 Å². The second kappa shape index (κ2) is 8.23. The minimum atomic E-state index is 0.0642. The number of hydrogen-bond donors (Lipinski definition) is 1. The van der Waals surface area contributed by atoms with Crippen LogP contribution in [-0.4, -0.2) is 68.7 Å². The molecule has 0 spiro atoms. The first kappa shape index (κ1) is 20.8. The molecule has 3 aromatic heterocycles. The fraction of sp³-hybridized carbons (Fsp3) is 0.542. The Morgan fingerprint density at radius 3 is 2.76 bits per heavy atom. The summed E-state index contributed by atoms with van der Waals surface area (Å²) in [5.74, 6) is 0.808. The van der Waals surface area contributed by atoms with Gasteiger partial charge in [-0.1, -0.05) is 0 Å². The molecule has 3 aromatic rings. The summed E-state index contributed by atoms with van der Waals surface area (Å²) in [7, 11) is 4.15. The number of morpholine rings is 1. The molecule has 3 aliphatic rings. The van der Waals surface area contributed by atoms with Crippen LogP contribution in [0.15, 0.2) is 30.6 Å². The quantitative estimate of drug-likeness (QED) is 0.621. The van der Waals surface area contributed by atoms with Gasteiger partial charge in [0.15, 0.2) is 5.82 Å². The van der Waals surface area contributed by atoms with Gasteiger partial charge in [-0.15, -0.1) is 0 Å². The summed E-state index contributed by atoms with van der Waals surface area (Å²) in [5.41, 5.74) is 4.09. The summed E-state index contributed by atoms with van der Waals surface area (Å²) in [4.78, 5) is 14.5. The zero-order chi connectivity index (χ0) is 22.5. The third-order valence-electron chi connectivity index (χ3n) is 7.27. The number of nitrogens with zero attached hydrogens (tertiary/aromatic N) is 5. The van der Waals surface area contributed by atoms with Gasteiger partial charge in [0.2, 0.25) is 5.91 Å². The molecule has 9 nitrogen and oxygen atoms in total. The number of aromatic nitrogens is 4. The van der Waals surface area contributed by atoms with Crippen molar-refractivity contribution in [2.75, 3.05) is 25.6 Å². The van der Waals surface area contributed by atoms with Gasteiger partial charge in [-0.3, -0.25) is 14.4 Å². The molecule has 1 aliphatic carbocycles. The number of carbonyl (C=O) groups is 1. The molecule has 1 saturated carbocycles. The Balaban J connectivity index is 1.19. The maximum Gasteiger partial charge on any atom is 0.228 e. The van der Waals surface area contributed by atoms with Crippen LogP contribution < -0.4 is 5.32 Å². The molecule has 0 radical (unpaired) electrons. The molecule has 9 heteroatoms. The second-order valence-corrected chi connectivity index (χ2v) is 9.63. The third-order valence-corrected chi connectivity index (χ3v) is 7.27. The lowest BCUT2D eigenvalue weighted by atomic mass is 9.92. The van der Waals surface area contributed by atoms with Crippen LogP contribution in [0.3, 0.4) is 0 Å². The van der Waals surface area contributed by atoms with Crippen molar-refractivity contribution < 1.29 is 14.3 Å². The number of carbonyl (C=O) groups excluding carboxylic acids is 1. The summed E-state index contributed by atoms with van der Waals surface area (Å²) in [5, 5.41) is 11.9. The van der Waals surface area contributed by atoms with Crippen LogP contribution >= 0.6 is 0 Å². The Hall–Kier alpha value is -2.75. The SMILES string of the molecule is CN1[C@@H]2COC[C@H]1CC(OCc1cnn(C)c1-c1ccn3nc(NC(=O)C4CC4)cc3c1)C2. The summed E-state index contributed by atoms with van der Waals surface area (Å²) >= 11 is 0. The molecule has 33 heavy (non-hydrogen) atoms. The van der Waals surface area contributed by atoms with E-state index in [4.69, 9.17) is 9.47 Å². The van der Waals surface area contributed by atoms with Crippen LogP contribution in [0.25, 0.3) is 16.8 Å². The van der Waals surface area contributed by atoms with Crippen LogP contribution in [-0.2, 0) is 27.9 Å². The van der Waals surface area contributed by atoms with E-state index >= 15 is 0 Å². The van der Waals surface area contributed by atoms with Gasteiger partial charge < -0.3 is 14.8 Å². The molecule has 2 bridgehead atoms. The van der Waals surface area contributed by atoms with Crippen LogP contribution in [0.1, 0.15) is 31.2 Å². The number of rotatable bonds is 6. The lowest BCUT2D eigenvalue weighted by Gasteiger charge is -2.46. The number of piperidine rings is 1. The molecule has 0 aromatic carbocycles. The van der Waals surface area contributed by atoms with E-state index in [1.54, 1.807) is 4.52 Å². The van der Waals surface area contributed by atoms with Crippen molar-refractivity contribution in [1.29, 1.82) is 0 Å². The van der Waals surface area contributed by atoms with Crippen LogP contribution in [0, 0.1) is 5.92 Å². The van der Waals surface area contributed by atoms with Gasteiger partial charge in [0.25, 0.3) is 0 Å². The monoisotopic (exact) mass is 450 g/mol. The minimum Gasteiger partial charge on any atom is -0.378 e. The Morgan fingerprint density at radius 2 is 2.00 bits per heavy atom. The molecule has 5 heterocycles. The molecule has 1 N–H and O–H groups in total. The average Bonchev–Trinajstić information content (AvgIpc) is 3.47. The van der Waals surface area contributed by atoms with E-state index in [9.17, 15) is 4.79 Å². The zero-order valence-electron chi connectivity index (χ0n) is 19.1. The molecule has 1 amide bonds. The molecule has 3 fully saturated rings. The van der Waals surface area contributed by atoms with Gasteiger partial charge in [-0.25, -0.2) is 4.52 Å². The standard InChI is InChI=1S/C24H30N6O3/c1-28-19-8-21(9-20(28)14-32-13-19)33-12-17-11-25-29(2)23(17)16-5-6-30-18(7-16)10-22(27-30)26-24(31)15-3-4-15/h5-7,10-11,15,19-21H,3-4,8-9,12-14H2,1-2H3,(H,26,27,31)/t19-,20+,21?. The Bertz CT molecular complexity index is 1170. The highest BCUT2D eigenvalue weighted by atomic mass is 16.5. The number of likely N-dealkylation sites (N-methyl/N-ethyl adjacent to an activating group) is 1. The fourth-order valence-corrected chi connectivity index (χ4v) is 5.13. The number of anilines is 1. The lowest BCUT2D eigenvalue weighted by molar-refractivity contribution is -0.117. The van der Waals surface area contributed by atoms with Crippen molar-refractivity contribution in [2.24, 2.45) is 13.0 Å². The van der Waals surface area contributed by atoms with Gasteiger partial charge >= 0.3 is 0 Å². The number of hydrogen-bond acceptors (Lipinski definition) is 6. The molecule has 174 valence electrons. The van der Waals surface area contributed by atoms with E-state index in [-0.39, 0.29) is 17.9 Å². The van der Waals surface area contributed by atoms with Gasteiger partial charge in [0.1, 0.15) is 0 Å². The van der Waals surface area contributed by atoms with E-state index in [1.165, 1.54) is 0 Å². The van der Waals surface area contributed by atoms with Crippen molar-refractivity contribution in [1.82, 2.24) is 24.3 Å². The highest BCUT2D eigenvalue weighted by molar-refractivity contribution is 5.93. The van der Waals surface area contributed by atoms with E-state index in [0.29, 0.717) is 24.5 Å². The van der Waals surface area contributed by atoms with E-state index in [0.717, 1.165) is 61.2 Å². The summed E-state index contributed by atoms with van der Waals surface area (Å²) in [6.45, 7) is 2.11. The van der Waals surface area contributed by atoms with Crippen molar-refractivity contribution in [3.63, 3.8) is 0 Å². The Kier molecular flexibility index (Phi) is 5.20. The molecule has 2 aliphatic heterocycles. The van der Waals surface area contributed by atoms with Crippen LogP contribution in [0.2, 0.25) is 0 Å². The first-order valence-electron chi connectivity index (χ1n) is 11.8. The maximum atomic E-state index is 12.1. The second-order valence-electron chi connectivity index (χ2n) is 9.63. The van der Waals surface area contributed by atoms with Crippen molar-refractivity contribution in [3.8, 4) is 11.3 Å². The molecule has 2 saturated heterocycles. The normalized spacial score (nSPS) is 25.5. The number of amides is 1. The van der Waals surface area contributed by atoms with Gasteiger partial charge in [-0.05, 0) is 44.9 Å². The molecular weight excluding hydrogens is 420 g/mol. The van der Waals surface area contributed by atoms with E-state index in [2.05, 4.69) is 33.5 Å². The Labute approximate surface area is 192 Å². The van der Waals surface area contributed by atoms with E-state index in [1.807, 2.05) is 36.3 Å². The number of fused-ring (bicyclic) bond motifs is 3. The largest absolute Gasteiger partial charge is 0.378 e. The highest BCUT2D eigenvalue weighted by Crippen LogP contribution is 2.32. The molecule has 1 unspecified atom stereocenters. The molecular formula is C24H30N6O3. The zero-order valence-corrected chi connectivity index (χ0v) is 19.1. The van der Waals surface area contributed by atoms with Crippen LogP contribution in [0.5, 0.6) is 0 Å². The fourth-order valence-electron chi connectivity index (χ4n) is 5.13. The minimum absolute atomic E-state index is 0.0642. The summed E-state index contributed by atoms with van der Waals surface area (Å²) in [6, 6.07) is 6.90. The molecule has 3 atom stereocenters. The van der Waals surface area contributed by atoms with Crippen LogP contribution in [0.4, 0.5) is 5.82 Å². The van der Waals surface area contributed by atoms with Gasteiger partial charge in [-0.2, -0.15) is 10.2 Å². The first-order valence-corrected chi connectivity index (χ1v) is 11.8. The number of nitrogens with one attached hydrogen (secondary N) is 1. The maximum absolute atomic E-state index is 12.1. The van der Waals surface area contributed by atoms with E-state index < -0.39 is 0 Å². The Morgan fingerprint density at radius 1 is 1.21 bits per heavy atom. The number of pyridine rings is 1. The third kappa shape index (κ3) is 4.05. The number of ether oxygens (including phenoxy) is 2. The highest BCUT2D eigenvalue weighted by Gasteiger charge is 2.37. The van der Waals surface area contributed by atoms with Crippen molar-refractivity contribution >= 4 is 17.2 Å². The summed E-state index contributed by atoms with van der Waals surface area (Å²) in [6.07, 6.45) is 8.01. The predicted octanol–water partition coefficient (Wildman–Crippen LogP) is 2.46. The molecule has 6 rings (SSSR count). The number of aryl methyl sites for hydroxylation is 1. The van der Waals surface area contributed by atoms with Crippen molar-refractivity contribution in [3.05, 3.63) is 36.2 Å². The van der Waals surface area contributed by atoms with Crippen molar-refractivity contribution in [2.45, 2.75) is 50.5 Å². The average molecular weight is 451 g/mol. The predicted molar refractivity (Wildman–Crippen MR) is 123 cm³/mol.